The molecule has 3 aromatic carbocycles. The first-order chi connectivity index (χ1) is 24.0. The summed E-state index contributed by atoms with van der Waals surface area (Å²) in [5, 5.41) is 0. The lowest BCUT2D eigenvalue weighted by atomic mass is 9.99. The van der Waals surface area contributed by atoms with Crippen LogP contribution in [0.15, 0.2) is 102 Å². The summed E-state index contributed by atoms with van der Waals surface area (Å²) in [7, 11) is 6.58. The van der Waals surface area contributed by atoms with Gasteiger partial charge in [0.1, 0.15) is 5.75 Å². The number of nitrogens with zero attached hydrogens (tertiary/aromatic N) is 4. The highest BCUT2D eigenvalue weighted by Crippen LogP contribution is 2.41. The SMILES string of the molecule is COc1cccc(-c2cc(CN3CCC(N(Cc4cncc(-c5cc(OC)c(OC)c(OC)c5)c4)c4ccc(SC)cc4)CC3)ccn2)c1. The van der Waals surface area contributed by atoms with E-state index >= 15 is 0 Å². The van der Waals surface area contributed by atoms with Gasteiger partial charge in [-0.25, -0.2) is 0 Å². The number of ether oxygens (including phenoxy) is 4. The molecule has 0 atom stereocenters. The van der Waals surface area contributed by atoms with Crippen LogP contribution >= 0.6 is 11.8 Å². The highest BCUT2D eigenvalue weighted by molar-refractivity contribution is 7.98. The Kier molecular flexibility index (Phi) is 11.2. The van der Waals surface area contributed by atoms with Crippen LogP contribution in [0.2, 0.25) is 0 Å². The topological polar surface area (TPSA) is 69.2 Å². The van der Waals surface area contributed by atoms with Crippen molar-refractivity contribution in [2.75, 3.05) is 52.7 Å². The molecular weight excluding hydrogens is 633 g/mol. The minimum Gasteiger partial charge on any atom is -0.497 e. The number of thioether (sulfide) groups is 1. The molecule has 5 aromatic rings. The van der Waals surface area contributed by atoms with Gasteiger partial charge in [-0.1, -0.05) is 12.1 Å². The zero-order valence-corrected chi connectivity index (χ0v) is 29.7. The maximum atomic E-state index is 5.63. The van der Waals surface area contributed by atoms with Crippen molar-refractivity contribution in [1.82, 2.24) is 14.9 Å². The molecule has 254 valence electrons. The maximum Gasteiger partial charge on any atom is 0.203 e. The summed E-state index contributed by atoms with van der Waals surface area (Å²) in [5.74, 6) is 2.65. The van der Waals surface area contributed by atoms with E-state index in [0.717, 1.165) is 72.7 Å². The second kappa shape index (κ2) is 16.1. The number of anilines is 1. The molecular formula is C40H44N4O4S. The minimum absolute atomic E-state index is 0.394. The summed E-state index contributed by atoms with van der Waals surface area (Å²) >= 11 is 1.76. The van der Waals surface area contributed by atoms with Crippen LogP contribution < -0.4 is 23.8 Å². The van der Waals surface area contributed by atoms with Gasteiger partial charge in [0.15, 0.2) is 11.5 Å². The first kappa shape index (κ1) is 34.1. The molecule has 0 N–H and O–H groups in total. The van der Waals surface area contributed by atoms with Gasteiger partial charge in [0.05, 0.1) is 34.1 Å². The largest absolute Gasteiger partial charge is 0.497 e. The molecule has 8 nitrogen and oxygen atoms in total. The van der Waals surface area contributed by atoms with Gasteiger partial charge in [0, 0.05) is 72.5 Å². The number of methoxy groups -OCH3 is 4. The molecule has 0 radical (unpaired) electrons. The van der Waals surface area contributed by atoms with Gasteiger partial charge in [0.25, 0.3) is 0 Å². The Morgan fingerprint density at radius 1 is 0.755 bits per heavy atom. The van der Waals surface area contributed by atoms with Gasteiger partial charge >= 0.3 is 0 Å². The lowest BCUT2D eigenvalue weighted by Gasteiger charge is -2.40. The fourth-order valence-electron chi connectivity index (χ4n) is 6.54. The Bertz CT molecular complexity index is 1820. The molecule has 1 aliphatic rings. The van der Waals surface area contributed by atoms with Crippen molar-refractivity contribution < 1.29 is 18.9 Å². The summed E-state index contributed by atoms with van der Waals surface area (Å²) < 4.78 is 22.2. The Hall–Kier alpha value is -4.73. The zero-order chi connectivity index (χ0) is 34.2. The van der Waals surface area contributed by atoms with E-state index in [9.17, 15) is 0 Å². The van der Waals surface area contributed by atoms with E-state index in [0.29, 0.717) is 23.3 Å². The normalized spacial score (nSPS) is 13.6. The average molecular weight is 677 g/mol. The van der Waals surface area contributed by atoms with E-state index in [-0.39, 0.29) is 0 Å². The number of hydrogen-bond donors (Lipinski definition) is 0. The van der Waals surface area contributed by atoms with Crippen LogP contribution in [0, 0.1) is 0 Å². The van der Waals surface area contributed by atoms with Crippen molar-refractivity contribution in [3.8, 4) is 45.4 Å². The molecule has 0 aliphatic carbocycles. The molecule has 1 saturated heterocycles. The second-order valence-electron chi connectivity index (χ2n) is 12.1. The molecule has 6 rings (SSSR count). The van der Waals surface area contributed by atoms with Gasteiger partial charge in [0.2, 0.25) is 5.75 Å². The van der Waals surface area contributed by atoms with Crippen LogP contribution in [-0.4, -0.2) is 68.7 Å². The first-order valence-electron chi connectivity index (χ1n) is 16.5. The molecule has 1 fully saturated rings. The summed E-state index contributed by atoms with van der Waals surface area (Å²) in [6.45, 7) is 3.69. The number of benzene rings is 3. The minimum atomic E-state index is 0.394. The fraction of sp³-hybridized carbons (Fsp3) is 0.300. The molecule has 3 heterocycles. The third-order valence-electron chi connectivity index (χ3n) is 9.14. The Morgan fingerprint density at radius 2 is 1.51 bits per heavy atom. The Labute approximate surface area is 294 Å². The molecule has 0 amide bonds. The van der Waals surface area contributed by atoms with Gasteiger partial charge in [-0.15, -0.1) is 11.8 Å². The van der Waals surface area contributed by atoms with E-state index < -0.39 is 0 Å². The van der Waals surface area contributed by atoms with E-state index in [4.69, 9.17) is 18.9 Å². The second-order valence-corrected chi connectivity index (χ2v) is 13.0. The summed E-state index contributed by atoms with van der Waals surface area (Å²) in [6, 6.07) is 27.9. The van der Waals surface area contributed by atoms with Crippen molar-refractivity contribution >= 4 is 17.4 Å². The lowest BCUT2D eigenvalue weighted by molar-refractivity contribution is 0.201. The number of hydrogen-bond acceptors (Lipinski definition) is 9. The summed E-state index contributed by atoms with van der Waals surface area (Å²) in [5.41, 5.74) is 7.62. The average Bonchev–Trinajstić information content (AvgIpc) is 3.17. The number of piperidine rings is 1. The molecule has 0 saturated carbocycles. The molecule has 0 unspecified atom stereocenters. The van der Waals surface area contributed by atoms with E-state index in [1.807, 2.05) is 48.9 Å². The van der Waals surface area contributed by atoms with Crippen molar-refractivity contribution in [1.29, 1.82) is 0 Å². The molecule has 9 heteroatoms. The number of rotatable bonds is 13. The standard InChI is InChI=1S/C40H44N4O4S/c1-45-35-8-6-7-30(21-35)37-20-28(13-16-42-37)26-43-17-14-34(15-18-43)44(33-9-11-36(49-5)12-10-33)27-29-19-32(25-41-24-29)31-22-38(46-2)40(48-4)39(23-31)47-3/h6-13,16,19-25,34H,14-15,17-18,26-27H2,1-5H3. The zero-order valence-electron chi connectivity index (χ0n) is 28.9. The summed E-state index contributed by atoms with van der Waals surface area (Å²) in [6.07, 6.45) is 10.0. The van der Waals surface area contributed by atoms with Crippen molar-refractivity contribution in [2.24, 2.45) is 0 Å². The van der Waals surface area contributed by atoms with E-state index in [1.165, 1.54) is 16.1 Å². The quantitative estimate of drug-likeness (QED) is 0.115. The molecule has 1 aliphatic heterocycles. The third-order valence-corrected chi connectivity index (χ3v) is 9.89. The van der Waals surface area contributed by atoms with Gasteiger partial charge in [-0.3, -0.25) is 14.9 Å². The molecule has 0 spiro atoms. The van der Waals surface area contributed by atoms with Crippen LogP contribution in [0.25, 0.3) is 22.4 Å². The first-order valence-corrected chi connectivity index (χ1v) is 17.7. The molecule has 2 aromatic heterocycles. The fourth-order valence-corrected chi connectivity index (χ4v) is 6.95. The van der Waals surface area contributed by atoms with Crippen molar-refractivity contribution in [3.05, 3.63) is 109 Å². The van der Waals surface area contributed by atoms with Crippen LogP contribution in [0.5, 0.6) is 23.0 Å². The predicted molar refractivity (Wildman–Crippen MR) is 198 cm³/mol. The lowest BCUT2D eigenvalue weighted by Crippen LogP contribution is -2.44. The monoisotopic (exact) mass is 676 g/mol. The van der Waals surface area contributed by atoms with Crippen LogP contribution in [0.4, 0.5) is 5.69 Å². The number of aromatic nitrogens is 2. The third kappa shape index (κ3) is 8.12. The van der Waals surface area contributed by atoms with Gasteiger partial charge in [-0.2, -0.15) is 0 Å². The number of likely N-dealkylation sites (tertiary alicyclic amines) is 1. The highest BCUT2D eigenvalue weighted by atomic mass is 32.2. The van der Waals surface area contributed by atoms with Gasteiger partial charge in [-0.05, 0) is 103 Å². The Morgan fingerprint density at radius 3 is 2.18 bits per heavy atom. The van der Waals surface area contributed by atoms with Crippen molar-refractivity contribution in [2.45, 2.75) is 36.9 Å². The molecule has 49 heavy (non-hydrogen) atoms. The highest BCUT2D eigenvalue weighted by Gasteiger charge is 2.26. The van der Waals surface area contributed by atoms with Crippen molar-refractivity contribution in [3.63, 3.8) is 0 Å². The maximum absolute atomic E-state index is 5.63. The predicted octanol–water partition coefficient (Wildman–Crippen LogP) is 8.24. The smallest absolute Gasteiger partial charge is 0.203 e. The van der Waals surface area contributed by atoms with E-state index in [2.05, 4.69) is 74.6 Å². The molecule has 0 bridgehead atoms. The van der Waals surface area contributed by atoms with Crippen LogP contribution in [0.3, 0.4) is 0 Å². The van der Waals surface area contributed by atoms with Crippen LogP contribution in [0.1, 0.15) is 24.0 Å². The van der Waals surface area contributed by atoms with Gasteiger partial charge < -0.3 is 23.8 Å². The Balaban J connectivity index is 1.19. The number of pyridine rings is 2. The summed E-state index contributed by atoms with van der Waals surface area (Å²) in [4.78, 5) is 15.7. The van der Waals surface area contributed by atoms with Crippen LogP contribution in [-0.2, 0) is 13.1 Å². The van der Waals surface area contributed by atoms with E-state index in [1.54, 1.807) is 40.2 Å².